The van der Waals surface area contributed by atoms with Gasteiger partial charge in [0.2, 0.25) is 5.96 Å². The Balaban J connectivity index is 2.31. The van der Waals surface area contributed by atoms with Gasteiger partial charge < -0.3 is 16.2 Å². The molecule has 0 aromatic heterocycles. The van der Waals surface area contributed by atoms with Gasteiger partial charge in [0.25, 0.3) is 0 Å². The smallest absolute Gasteiger partial charge is 0.211 e. The molecule has 0 fully saturated rings. The summed E-state index contributed by atoms with van der Waals surface area (Å²) >= 11 is 0. The Morgan fingerprint density at radius 3 is 2.19 bits per heavy atom. The molecule has 2 rings (SSSR count). The van der Waals surface area contributed by atoms with Gasteiger partial charge in [-0.15, -0.1) is 5.10 Å². The van der Waals surface area contributed by atoms with Crippen molar-refractivity contribution in [2.45, 2.75) is 6.42 Å². The zero-order valence-electron chi connectivity index (χ0n) is 11.9. The van der Waals surface area contributed by atoms with E-state index >= 15 is 0 Å². The molecule has 0 spiro atoms. The number of rotatable bonds is 5. The number of benzene rings is 2. The Kier molecular flexibility index (Phi) is 4.93. The summed E-state index contributed by atoms with van der Waals surface area (Å²) in [4.78, 5) is 0. The molecule has 21 heavy (non-hydrogen) atoms. The minimum atomic E-state index is -0.0610. The molecule has 0 aliphatic heterocycles. The van der Waals surface area contributed by atoms with Crippen LogP contribution in [-0.4, -0.2) is 18.8 Å². The summed E-state index contributed by atoms with van der Waals surface area (Å²) in [6.45, 7) is 0. The fraction of sp³-hybridized carbons (Fsp3) is 0.125. The van der Waals surface area contributed by atoms with Crippen LogP contribution in [0.4, 0.5) is 0 Å². The predicted molar refractivity (Wildman–Crippen MR) is 85.5 cm³/mol. The predicted octanol–water partition coefficient (Wildman–Crippen LogP) is 1.92. The fourth-order valence-corrected chi connectivity index (χ4v) is 1.89. The molecule has 5 heteroatoms. The molecular formula is C16H18N4O. The van der Waals surface area contributed by atoms with Gasteiger partial charge in [0.1, 0.15) is 5.75 Å². The van der Waals surface area contributed by atoms with Crippen LogP contribution in [0.25, 0.3) is 0 Å². The van der Waals surface area contributed by atoms with E-state index in [9.17, 15) is 0 Å². The Morgan fingerprint density at radius 1 is 0.952 bits per heavy atom. The van der Waals surface area contributed by atoms with Crippen LogP contribution in [0.3, 0.4) is 0 Å². The van der Waals surface area contributed by atoms with Gasteiger partial charge in [0.05, 0.1) is 12.8 Å². The lowest BCUT2D eigenvalue weighted by Gasteiger charge is -2.07. The maximum atomic E-state index is 5.36. The molecule has 0 aliphatic rings. The number of guanidine groups is 1. The van der Waals surface area contributed by atoms with Crippen molar-refractivity contribution in [2.75, 3.05) is 7.11 Å². The third-order valence-electron chi connectivity index (χ3n) is 2.92. The molecule has 0 atom stereocenters. The van der Waals surface area contributed by atoms with E-state index in [1.807, 2.05) is 54.6 Å². The van der Waals surface area contributed by atoms with Crippen molar-refractivity contribution < 1.29 is 4.74 Å². The van der Waals surface area contributed by atoms with Crippen LogP contribution in [0, 0.1) is 0 Å². The summed E-state index contributed by atoms with van der Waals surface area (Å²) in [5.41, 5.74) is 13.6. The van der Waals surface area contributed by atoms with Gasteiger partial charge in [0.15, 0.2) is 0 Å². The molecule has 0 aliphatic carbocycles. The Morgan fingerprint density at radius 2 is 1.62 bits per heavy atom. The summed E-state index contributed by atoms with van der Waals surface area (Å²) in [5.74, 6) is 0.730. The third-order valence-corrected chi connectivity index (χ3v) is 2.92. The number of nitrogens with zero attached hydrogens (tertiary/aromatic N) is 2. The fourth-order valence-electron chi connectivity index (χ4n) is 1.89. The topological polar surface area (TPSA) is 86.0 Å². The maximum absolute atomic E-state index is 5.36. The minimum absolute atomic E-state index is 0.0610. The monoisotopic (exact) mass is 282 g/mol. The molecule has 5 nitrogen and oxygen atoms in total. The van der Waals surface area contributed by atoms with Gasteiger partial charge in [-0.2, -0.15) is 5.10 Å². The van der Waals surface area contributed by atoms with Crippen molar-refractivity contribution in [1.29, 1.82) is 0 Å². The first-order valence-electron chi connectivity index (χ1n) is 6.53. The Labute approximate surface area is 124 Å². The van der Waals surface area contributed by atoms with Crippen LogP contribution >= 0.6 is 0 Å². The largest absolute Gasteiger partial charge is 0.497 e. The highest BCUT2D eigenvalue weighted by molar-refractivity contribution is 6.02. The molecule has 2 aromatic rings. The normalized spacial score (nSPS) is 11.0. The highest BCUT2D eigenvalue weighted by atomic mass is 16.5. The van der Waals surface area contributed by atoms with Gasteiger partial charge in [-0.3, -0.25) is 0 Å². The van der Waals surface area contributed by atoms with Crippen LogP contribution in [0.2, 0.25) is 0 Å². The molecule has 0 bridgehead atoms. The number of methoxy groups -OCH3 is 1. The van der Waals surface area contributed by atoms with Gasteiger partial charge in [-0.25, -0.2) is 0 Å². The average Bonchev–Trinajstić information content (AvgIpc) is 2.52. The van der Waals surface area contributed by atoms with Crippen molar-refractivity contribution >= 4 is 11.7 Å². The Hall–Kier alpha value is -2.82. The number of nitrogens with two attached hydrogens (primary N) is 2. The summed E-state index contributed by atoms with van der Waals surface area (Å²) < 4.78 is 5.16. The average molecular weight is 282 g/mol. The standard InChI is InChI=1S/C16H18N4O/c1-21-14-9-7-13(8-10-14)15(19-20-16(17)18)11-12-5-3-2-4-6-12/h2-10H,11H2,1H3,(H4,17,18,20)/b19-15-. The summed E-state index contributed by atoms with van der Waals surface area (Å²) in [6, 6.07) is 17.7. The van der Waals surface area contributed by atoms with Crippen LogP contribution in [0.1, 0.15) is 11.1 Å². The number of hydrogen-bond acceptors (Lipinski definition) is 3. The first-order valence-corrected chi connectivity index (χ1v) is 6.53. The van der Waals surface area contributed by atoms with Gasteiger partial charge in [-0.05, 0) is 35.4 Å². The first-order chi connectivity index (χ1) is 10.2. The second kappa shape index (κ2) is 7.09. The van der Waals surface area contributed by atoms with Crippen LogP contribution in [0.15, 0.2) is 64.8 Å². The van der Waals surface area contributed by atoms with E-state index in [1.165, 1.54) is 0 Å². The zero-order valence-corrected chi connectivity index (χ0v) is 11.9. The summed E-state index contributed by atoms with van der Waals surface area (Å²) in [7, 11) is 1.63. The van der Waals surface area contributed by atoms with E-state index in [-0.39, 0.29) is 5.96 Å². The second-order valence-electron chi connectivity index (χ2n) is 4.46. The molecule has 2 aromatic carbocycles. The molecule has 0 saturated carbocycles. The molecule has 0 amide bonds. The maximum Gasteiger partial charge on any atom is 0.211 e. The van der Waals surface area contributed by atoms with E-state index in [1.54, 1.807) is 7.11 Å². The van der Waals surface area contributed by atoms with Crippen molar-refractivity contribution in [3.63, 3.8) is 0 Å². The minimum Gasteiger partial charge on any atom is -0.497 e. The molecular weight excluding hydrogens is 264 g/mol. The molecule has 0 radical (unpaired) electrons. The van der Waals surface area contributed by atoms with Crippen LogP contribution < -0.4 is 16.2 Å². The molecule has 0 unspecified atom stereocenters. The van der Waals surface area contributed by atoms with Crippen molar-refractivity contribution in [3.05, 3.63) is 65.7 Å². The quantitative estimate of drug-likeness (QED) is 0.499. The molecule has 0 saturated heterocycles. The van der Waals surface area contributed by atoms with Crippen LogP contribution in [-0.2, 0) is 6.42 Å². The van der Waals surface area contributed by atoms with Gasteiger partial charge in [-0.1, -0.05) is 30.3 Å². The first kappa shape index (κ1) is 14.6. The van der Waals surface area contributed by atoms with E-state index in [0.717, 1.165) is 22.6 Å². The lowest BCUT2D eigenvalue weighted by molar-refractivity contribution is 0.415. The van der Waals surface area contributed by atoms with E-state index in [0.29, 0.717) is 6.42 Å². The lowest BCUT2D eigenvalue weighted by atomic mass is 10.0. The van der Waals surface area contributed by atoms with E-state index < -0.39 is 0 Å². The summed E-state index contributed by atoms with van der Waals surface area (Å²) in [6.07, 6.45) is 0.643. The summed E-state index contributed by atoms with van der Waals surface area (Å²) in [5, 5.41) is 7.93. The SMILES string of the molecule is COc1ccc(/C(Cc2ccccc2)=N\N=C(N)N)cc1. The van der Waals surface area contributed by atoms with Gasteiger partial charge in [0, 0.05) is 6.42 Å². The molecule has 108 valence electrons. The highest BCUT2D eigenvalue weighted by Gasteiger charge is 2.06. The number of ether oxygens (including phenoxy) is 1. The Bertz CT molecular complexity index is 629. The number of hydrogen-bond donors (Lipinski definition) is 2. The van der Waals surface area contributed by atoms with Crippen molar-refractivity contribution in [3.8, 4) is 5.75 Å². The van der Waals surface area contributed by atoms with Crippen molar-refractivity contribution in [1.82, 2.24) is 0 Å². The lowest BCUT2D eigenvalue weighted by Crippen LogP contribution is -2.22. The van der Waals surface area contributed by atoms with E-state index in [2.05, 4.69) is 10.2 Å². The van der Waals surface area contributed by atoms with Gasteiger partial charge >= 0.3 is 0 Å². The highest BCUT2D eigenvalue weighted by Crippen LogP contribution is 2.14. The van der Waals surface area contributed by atoms with E-state index in [4.69, 9.17) is 16.2 Å². The second-order valence-corrected chi connectivity index (χ2v) is 4.46. The zero-order chi connectivity index (χ0) is 15.1. The third kappa shape index (κ3) is 4.35. The van der Waals surface area contributed by atoms with Crippen molar-refractivity contribution in [2.24, 2.45) is 21.7 Å². The van der Waals surface area contributed by atoms with Crippen LogP contribution in [0.5, 0.6) is 5.75 Å². The molecule has 4 N–H and O–H groups in total. The molecule has 0 heterocycles.